The molecular weight excluding hydrogens is 384 g/mol. The molecule has 5 rings (SSSR count). The summed E-state index contributed by atoms with van der Waals surface area (Å²) in [6.45, 7) is 1.29. The monoisotopic (exact) mass is 402 g/mol. The summed E-state index contributed by atoms with van der Waals surface area (Å²) in [6, 6.07) is 13.4. The number of hydrogen-bond acceptors (Lipinski definition) is 7. The highest BCUT2D eigenvalue weighted by atomic mass is 32.1. The van der Waals surface area contributed by atoms with E-state index >= 15 is 0 Å². The van der Waals surface area contributed by atoms with Gasteiger partial charge in [-0.05, 0) is 24.3 Å². The number of pyridine rings is 1. The van der Waals surface area contributed by atoms with Crippen molar-refractivity contribution in [2.45, 2.75) is 6.42 Å². The van der Waals surface area contributed by atoms with Gasteiger partial charge in [-0.25, -0.2) is 15.0 Å². The van der Waals surface area contributed by atoms with E-state index in [0.717, 1.165) is 33.2 Å². The minimum Gasteiger partial charge on any atom is -0.355 e. The van der Waals surface area contributed by atoms with Crippen molar-refractivity contribution < 1.29 is 4.79 Å². The normalized spacial score (nSPS) is 13.6. The fraction of sp³-hybridized carbons (Fsp3) is 0.190. The Labute approximate surface area is 171 Å². The van der Waals surface area contributed by atoms with Gasteiger partial charge in [0.25, 0.3) is 0 Å². The molecule has 1 amide bonds. The highest BCUT2D eigenvalue weighted by molar-refractivity contribution is 7.13. The maximum atomic E-state index is 13.1. The van der Waals surface area contributed by atoms with Crippen LogP contribution in [0.15, 0.2) is 54.0 Å². The first-order valence-corrected chi connectivity index (χ1v) is 10.2. The summed E-state index contributed by atoms with van der Waals surface area (Å²) >= 11 is 1.50. The number of fused-ring (bicyclic) bond motifs is 2. The van der Waals surface area contributed by atoms with Crippen LogP contribution in [0, 0.1) is 0 Å². The lowest BCUT2D eigenvalue weighted by molar-refractivity contribution is -0.118. The number of para-hydroxylation sites is 2. The number of rotatable bonds is 3. The van der Waals surface area contributed by atoms with Crippen LogP contribution in [-0.2, 0) is 11.2 Å². The fourth-order valence-corrected chi connectivity index (χ4v) is 4.16. The first-order valence-electron chi connectivity index (χ1n) is 9.33. The minimum absolute atomic E-state index is 0.0261. The summed E-state index contributed by atoms with van der Waals surface area (Å²) in [5, 5.41) is 2.74. The molecule has 3 aromatic heterocycles. The lowest BCUT2D eigenvalue weighted by atomic mass is 10.2. The molecule has 0 bridgehead atoms. The third-order valence-electron chi connectivity index (χ3n) is 4.88. The highest BCUT2D eigenvalue weighted by Gasteiger charge is 2.28. The van der Waals surface area contributed by atoms with Crippen LogP contribution < -0.4 is 9.80 Å². The summed E-state index contributed by atoms with van der Waals surface area (Å²) in [5.74, 6) is 1.32. The molecule has 1 aliphatic heterocycles. The molecule has 0 saturated heterocycles. The molecule has 0 spiro atoms. The topological polar surface area (TPSA) is 75.1 Å². The van der Waals surface area contributed by atoms with E-state index in [0.29, 0.717) is 18.9 Å². The summed E-state index contributed by atoms with van der Waals surface area (Å²) < 4.78 is 0. The van der Waals surface area contributed by atoms with E-state index in [4.69, 9.17) is 9.97 Å². The molecule has 0 fully saturated rings. The van der Waals surface area contributed by atoms with Crippen LogP contribution in [0.25, 0.3) is 21.7 Å². The molecule has 0 unspecified atom stereocenters. The molecule has 4 heterocycles. The number of amides is 1. The van der Waals surface area contributed by atoms with Crippen molar-refractivity contribution in [3.63, 3.8) is 0 Å². The van der Waals surface area contributed by atoms with E-state index in [1.807, 2.05) is 59.8 Å². The number of carbonyl (C=O) groups excluding carboxylic acids is 1. The Morgan fingerprint density at radius 3 is 2.52 bits per heavy atom. The van der Waals surface area contributed by atoms with Gasteiger partial charge in [-0.3, -0.25) is 14.7 Å². The van der Waals surface area contributed by atoms with Crippen molar-refractivity contribution in [3.05, 3.63) is 59.7 Å². The Morgan fingerprint density at radius 1 is 1.00 bits per heavy atom. The largest absolute Gasteiger partial charge is 0.355 e. The minimum atomic E-state index is -0.0261. The lowest BCUT2D eigenvalue weighted by Gasteiger charge is -2.33. The number of hydrogen-bond donors (Lipinski definition) is 0. The van der Waals surface area contributed by atoms with Gasteiger partial charge in [0.2, 0.25) is 5.91 Å². The van der Waals surface area contributed by atoms with E-state index in [1.54, 1.807) is 11.1 Å². The molecule has 4 aromatic rings. The van der Waals surface area contributed by atoms with Crippen LogP contribution in [0.2, 0.25) is 0 Å². The molecule has 0 N–H and O–H groups in total. The maximum Gasteiger partial charge on any atom is 0.234 e. The standard InChI is InChI=1S/C21H18N6OS/c1-26-10-11-27(20-19(26)24-15-6-2-3-7-16(15)25-20)18(28)12-14-13-29-21(23-14)17-8-4-5-9-22-17/h2-9,13H,10-12H2,1H3. The molecule has 0 atom stereocenters. The van der Waals surface area contributed by atoms with Crippen molar-refractivity contribution >= 4 is 39.9 Å². The molecule has 144 valence electrons. The predicted octanol–water partition coefficient (Wildman–Crippen LogP) is 3.17. The zero-order valence-corrected chi connectivity index (χ0v) is 16.6. The molecule has 0 aliphatic carbocycles. The number of carbonyl (C=O) groups is 1. The highest BCUT2D eigenvalue weighted by Crippen LogP contribution is 2.31. The molecule has 0 saturated carbocycles. The van der Waals surface area contributed by atoms with Crippen molar-refractivity contribution in [2.24, 2.45) is 0 Å². The van der Waals surface area contributed by atoms with E-state index in [2.05, 4.69) is 9.97 Å². The quantitative estimate of drug-likeness (QED) is 0.524. The Hall–Kier alpha value is -3.39. The van der Waals surface area contributed by atoms with E-state index in [1.165, 1.54) is 11.3 Å². The molecule has 7 nitrogen and oxygen atoms in total. The second kappa shape index (κ2) is 7.21. The van der Waals surface area contributed by atoms with Gasteiger partial charge in [0.1, 0.15) is 5.01 Å². The van der Waals surface area contributed by atoms with Crippen molar-refractivity contribution in [3.8, 4) is 10.7 Å². The van der Waals surface area contributed by atoms with Gasteiger partial charge in [-0.2, -0.15) is 0 Å². The van der Waals surface area contributed by atoms with Crippen LogP contribution >= 0.6 is 11.3 Å². The average molecular weight is 402 g/mol. The zero-order valence-electron chi connectivity index (χ0n) is 15.8. The molecule has 1 aromatic carbocycles. The zero-order chi connectivity index (χ0) is 19.8. The summed E-state index contributed by atoms with van der Waals surface area (Å²) in [7, 11) is 1.98. The van der Waals surface area contributed by atoms with Gasteiger partial charge >= 0.3 is 0 Å². The number of thiazole rings is 1. The molecule has 8 heteroatoms. The van der Waals surface area contributed by atoms with Gasteiger partial charge in [0.05, 0.1) is 28.8 Å². The van der Waals surface area contributed by atoms with Crippen molar-refractivity contribution in [2.75, 3.05) is 29.9 Å². The second-order valence-electron chi connectivity index (χ2n) is 6.86. The Balaban J connectivity index is 1.43. The van der Waals surface area contributed by atoms with Gasteiger partial charge in [0.15, 0.2) is 11.6 Å². The summed E-state index contributed by atoms with van der Waals surface area (Å²) in [6.07, 6.45) is 1.96. The number of aromatic nitrogens is 4. The number of likely N-dealkylation sites (N-methyl/N-ethyl adjacent to an activating group) is 1. The Bertz CT molecular complexity index is 1190. The van der Waals surface area contributed by atoms with Crippen LogP contribution in [0.1, 0.15) is 5.69 Å². The van der Waals surface area contributed by atoms with Crippen LogP contribution in [0.4, 0.5) is 11.6 Å². The lowest BCUT2D eigenvalue weighted by Crippen LogP contribution is -2.44. The second-order valence-corrected chi connectivity index (χ2v) is 7.72. The van der Waals surface area contributed by atoms with Gasteiger partial charge in [-0.15, -0.1) is 11.3 Å². The van der Waals surface area contributed by atoms with E-state index in [-0.39, 0.29) is 12.3 Å². The smallest absolute Gasteiger partial charge is 0.234 e. The molecule has 0 radical (unpaired) electrons. The van der Waals surface area contributed by atoms with Gasteiger partial charge in [0, 0.05) is 31.7 Å². The Kier molecular flexibility index (Phi) is 4.40. The summed E-state index contributed by atoms with van der Waals surface area (Å²) in [4.78, 5) is 35.3. The fourth-order valence-electron chi connectivity index (χ4n) is 3.37. The van der Waals surface area contributed by atoms with Crippen molar-refractivity contribution in [1.82, 2.24) is 19.9 Å². The third kappa shape index (κ3) is 3.31. The van der Waals surface area contributed by atoms with E-state index < -0.39 is 0 Å². The molecule has 1 aliphatic rings. The first kappa shape index (κ1) is 17.7. The van der Waals surface area contributed by atoms with Crippen LogP contribution in [0.5, 0.6) is 0 Å². The van der Waals surface area contributed by atoms with Crippen LogP contribution in [0.3, 0.4) is 0 Å². The maximum absolute atomic E-state index is 13.1. The number of nitrogens with zero attached hydrogens (tertiary/aromatic N) is 6. The van der Waals surface area contributed by atoms with E-state index in [9.17, 15) is 4.79 Å². The van der Waals surface area contributed by atoms with Gasteiger partial charge < -0.3 is 4.90 Å². The Morgan fingerprint density at radius 2 is 1.76 bits per heavy atom. The summed E-state index contributed by atoms with van der Waals surface area (Å²) in [5.41, 5.74) is 3.17. The molecular formula is C21H18N6OS. The van der Waals surface area contributed by atoms with Crippen LogP contribution in [-0.4, -0.2) is 46.0 Å². The third-order valence-corrected chi connectivity index (χ3v) is 5.79. The molecule has 29 heavy (non-hydrogen) atoms. The van der Waals surface area contributed by atoms with Crippen molar-refractivity contribution in [1.29, 1.82) is 0 Å². The predicted molar refractivity (Wildman–Crippen MR) is 114 cm³/mol. The SMILES string of the molecule is CN1CCN(C(=O)Cc2csc(-c3ccccn3)n2)c2nc3ccccc3nc21. The average Bonchev–Trinajstić information content (AvgIpc) is 3.22. The first-order chi connectivity index (χ1) is 14.2. The van der Waals surface area contributed by atoms with Gasteiger partial charge in [-0.1, -0.05) is 18.2 Å². The number of benzene rings is 1. The number of anilines is 2.